The molecule has 0 amide bonds. The molecule has 3 heterocycles. The van der Waals surface area contributed by atoms with Crippen molar-refractivity contribution >= 4 is 20.9 Å². The van der Waals surface area contributed by atoms with E-state index in [1.54, 1.807) is 25.0 Å². The second kappa shape index (κ2) is 5.41. The molecule has 1 aliphatic heterocycles. The highest BCUT2D eigenvalue weighted by Gasteiger charge is 2.44. The molecule has 0 bridgehead atoms. The number of fused-ring (bicyclic) bond motifs is 2. The molecule has 0 spiro atoms. The second-order valence-corrected chi connectivity index (χ2v) is 8.82. The van der Waals surface area contributed by atoms with E-state index in [2.05, 4.69) is 26.9 Å². The van der Waals surface area contributed by atoms with Crippen LogP contribution in [0.5, 0.6) is 0 Å². The maximum atomic E-state index is 14.6. The molecule has 1 aliphatic carbocycles. The Balaban J connectivity index is 1.70. The van der Waals surface area contributed by atoms with E-state index in [9.17, 15) is 12.8 Å². The van der Waals surface area contributed by atoms with Crippen molar-refractivity contribution in [3.8, 4) is 23.2 Å². The molecule has 27 heavy (non-hydrogen) atoms. The van der Waals surface area contributed by atoms with Gasteiger partial charge in [0.2, 0.25) is 0 Å². The number of aromatic amines is 1. The Labute approximate surface area is 155 Å². The first-order valence-corrected chi connectivity index (χ1v) is 10.0. The fourth-order valence-corrected chi connectivity index (χ4v) is 5.43. The smallest absolute Gasteiger partial charge is 0.259 e. The van der Waals surface area contributed by atoms with Gasteiger partial charge in [-0.3, -0.25) is 4.68 Å². The molecule has 1 saturated heterocycles. The number of aryl methyl sites for hydroxylation is 2. The fraction of sp³-hybridized carbons (Fsp3) is 0.333. The highest BCUT2D eigenvalue weighted by Crippen LogP contribution is 2.37. The van der Waals surface area contributed by atoms with E-state index in [1.807, 2.05) is 0 Å². The van der Waals surface area contributed by atoms with Crippen molar-refractivity contribution in [2.45, 2.75) is 24.4 Å². The normalized spacial score (nSPS) is 21.7. The van der Waals surface area contributed by atoms with Gasteiger partial charge >= 0.3 is 0 Å². The lowest BCUT2D eigenvalue weighted by Gasteiger charge is -2.24. The highest BCUT2D eigenvalue weighted by molar-refractivity contribution is 7.89. The quantitative estimate of drug-likeness (QED) is 0.697. The minimum absolute atomic E-state index is 0.0338. The van der Waals surface area contributed by atoms with Crippen molar-refractivity contribution in [2.24, 2.45) is 13.0 Å². The lowest BCUT2D eigenvalue weighted by Crippen LogP contribution is -2.39. The first-order valence-electron chi connectivity index (χ1n) is 8.57. The summed E-state index contributed by atoms with van der Waals surface area (Å²) in [6, 6.07) is 2.57. The average molecular weight is 385 g/mol. The second-order valence-electron chi connectivity index (χ2n) is 6.96. The topological polar surface area (TPSA) is 83.9 Å². The van der Waals surface area contributed by atoms with E-state index in [1.165, 1.54) is 16.4 Å². The minimum atomic E-state index is -3.79. The Morgan fingerprint density at radius 1 is 1.33 bits per heavy atom. The molecule has 1 fully saturated rings. The predicted molar refractivity (Wildman–Crippen MR) is 96.6 cm³/mol. The first kappa shape index (κ1) is 16.5. The summed E-state index contributed by atoms with van der Waals surface area (Å²) in [6.07, 6.45) is 2.28. The molecule has 7 nitrogen and oxygen atoms in total. The van der Waals surface area contributed by atoms with Crippen molar-refractivity contribution in [3.05, 3.63) is 29.8 Å². The van der Waals surface area contributed by atoms with Gasteiger partial charge in [-0.25, -0.2) is 17.8 Å². The summed E-state index contributed by atoms with van der Waals surface area (Å²) in [5.74, 6) is 5.93. The zero-order valence-corrected chi connectivity index (χ0v) is 15.5. The number of sulfonamides is 1. The summed E-state index contributed by atoms with van der Waals surface area (Å²) in [5, 5.41) is 4.71. The zero-order valence-electron chi connectivity index (χ0n) is 14.7. The summed E-state index contributed by atoms with van der Waals surface area (Å²) in [5.41, 5.74) is 1.39. The van der Waals surface area contributed by atoms with Gasteiger partial charge in [0.15, 0.2) is 5.82 Å². The van der Waals surface area contributed by atoms with Gasteiger partial charge in [0.25, 0.3) is 10.0 Å². The molecule has 1 aromatic carbocycles. The van der Waals surface area contributed by atoms with E-state index in [0.717, 1.165) is 6.42 Å². The van der Waals surface area contributed by atoms with Gasteiger partial charge in [0.05, 0.1) is 11.6 Å². The molecule has 2 aromatic heterocycles. The van der Waals surface area contributed by atoms with Gasteiger partial charge in [-0.15, -0.1) is 0 Å². The molecule has 5 rings (SSSR count). The summed E-state index contributed by atoms with van der Waals surface area (Å²) in [7, 11) is -2.05. The van der Waals surface area contributed by atoms with Gasteiger partial charge in [-0.05, 0) is 31.0 Å². The van der Waals surface area contributed by atoms with Crippen molar-refractivity contribution in [2.75, 3.05) is 6.54 Å². The van der Waals surface area contributed by atoms with Gasteiger partial charge in [0, 0.05) is 30.5 Å². The number of benzene rings is 1. The summed E-state index contributed by atoms with van der Waals surface area (Å²) >= 11 is 0. The third kappa shape index (κ3) is 2.27. The first-order chi connectivity index (χ1) is 12.9. The van der Waals surface area contributed by atoms with E-state index < -0.39 is 15.8 Å². The Bertz CT molecular complexity index is 1260. The molecule has 138 valence electrons. The lowest BCUT2D eigenvalue weighted by atomic mass is 9.94. The summed E-state index contributed by atoms with van der Waals surface area (Å²) in [4.78, 5) is 7.01. The van der Waals surface area contributed by atoms with Crippen LogP contribution in [-0.4, -0.2) is 45.1 Å². The maximum absolute atomic E-state index is 14.6. The number of nitrogens with one attached hydrogen (secondary N) is 1. The number of halogens is 1. The number of nitrogens with zero attached hydrogens (tertiary/aromatic N) is 4. The summed E-state index contributed by atoms with van der Waals surface area (Å²) < 4.78 is 43.7. The van der Waals surface area contributed by atoms with Crippen LogP contribution < -0.4 is 0 Å². The number of hydrogen-bond acceptors (Lipinski definition) is 4. The zero-order chi connectivity index (χ0) is 18.9. The molecule has 9 heteroatoms. The number of aromatic nitrogens is 4. The van der Waals surface area contributed by atoms with E-state index in [0.29, 0.717) is 28.9 Å². The maximum Gasteiger partial charge on any atom is 0.259 e. The van der Waals surface area contributed by atoms with Crippen LogP contribution in [0.25, 0.3) is 22.3 Å². The van der Waals surface area contributed by atoms with Gasteiger partial charge < -0.3 is 4.98 Å². The van der Waals surface area contributed by atoms with Crippen LogP contribution in [0.3, 0.4) is 0 Å². The monoisotopic (exact) mass is 385 g/mol. The molecule has 2 aliphatic rings. The molecular weight excluding hydrogens is 369 g/mol. The van der Waals surface area contributed by atoms with E-state index in [4.69, 9.17) is 0 Å². The summed E-state index contributed by atoms with van der Waals surface area (Å²) in [6.45, 7) is 2.16. The Morgan fingerprint density at radius 3 is 2.78 bits per heavy atom. The number of hydrogen-bond donors (Lipinski definition) is 1. The SMILES string of the molecule is Cc1cc(F)c2[nH]c(S(=O)(=O)N3CC[C@H]4C#C[C@H]43)cc2c1-c1ncn(C)n1. The van der Waals surface area contributed by atoms with Gasteiger partial charge in [-0.2, -0.15) is 9.40 Å². The molecule has 3 aromatic rings. The molecule has 2 atom stereocenters. The van der Waals surface area contributed by atoms with Crippen molar-refractivity contribution in [3.63, 3.8) is 0 Å². The molecule has 0 unspecified atom stereocenters. The molecule has 0 radical (unpaired) electrons. The average Bonchev–Trinajstić information content (AvgIpc) is 3.26. The van der Waals surface area contributed by atoms with Crippen LogP contribution in [0, 0.1) is 30.5 Å². The van der Waals surface area contributed by atoms with E-state index >= 15 is 0 Å². The highest BCUT2D eigenvalue weighted by atomic mass is 32.2. The van der Waals surface area contributed by atoms with Crippen molar-refractivity contribution in [1.82, 2.24) is 24.1 Å². The van der Waals surface area contributed by atoms with Crippen LogP contribution in [0.2, 0.25) is 0 Å². The van der Waals surface area contributed by atoms with Crippen LogP contribution >= 0.6 is 0 Å². The van der Waals surface area contributed by atoms with Gasteiger partial charge in [-0.1, -0.05) is 11.8 Å². The van der Waals surface area contributed by atoms with Crippen LogP contribution in [0.4, 0.5) is 4.39 Å². The predicted octanol–water partition coefficient (Wildman–Crippen LogP) is 1.81. The molecular formula is C18H16FN5O2S. The Morgan fingerprint density at radius 2 is 2.15 bits per heavy atom. The van der Waals surface area contributed by atoms with Gasteiger partial charge in [0.1, 0.15) is 17.2 Å². The number of rotatable bonds is 3. The standard InChI is InChI=1S/C18H16FN5O2S/c1-10-7-13(19)17-12(16(10)18-20-9-23(2)22-18)8-15(21-17)27(25,26)24-6-5-11-3-4-14(11)24/h7-9,11,14,21H,5-6H2,1-2H3/t11-,14-/m1/s1. The molecule has 1 N–H and O–H groups in total. The van der Waals surface area contributed by atoms with Crippen molar-refractivity contribution in [1.29, 1.82) is 0 Å². The minimum Gasteiger partial charge on any atom is -0.342 e. The third-order valence-electron chi connectivity index (χ3n) is 5.22. The third-order valence-corrected chi connectivity index (χ3v) is 7.02. The fourth-order valence-electron chi connectivity index (χ4n) is 3.83. The van der Waals surface area contributed by atoms with Crippen molar-refractivity contribution < 1.29 is 12.8 Å². The Kier molecular flexibility index (Phi) is 3.30. The molecule has 0 saturated carbocycles. The lowest BCUT2D eigenvalue weighted by molar-refractivity contribution is 0.413. The van der Waals surface area contributed by atoms with Crippen LogP contribution in [-0.2, 0) is 17.1 Å². The number of H-pyrrole nitrogens is 1. The van der Waals surface area contributed by atoms with Crippen LogP contribution in [0.1, 0.15) is 12.0 Å². The van der Waals surface area contributed by atoms with Crippen LogP contribution in [0.15, 0.2) is 23.5 Å². The Hall–Kier alpha value is -2.70. The largest absolute Gasteiger partial charge is 0.342 e. The van der Waals surface area contributed by atoms with E-state index in [-0.39, 0.29) is 22.5 Å².